The Balaban J connectivity index is 1.83. The minimum absolute atomic E-state index is 0.0969. The molecule has 0 heterocycles. The van der Waals surface area contributed by atoms with Crippen LogP contribution in [0.4, 0.5) is 4.39 Å². The number of carbonyl (C=O) groups excluding carboxylic acids is 1. The summed E-state index contributed by atoms with van der Waals surface area (Å²) in [6, 6.07) is 12.3. The van der Waals surface area contributed by atoms with Crippen LogP contribution in [-0.2, 0) is 6.54 Å². The molecule has 1 aliphatic rings. The van der Waals surface area contributed by atoms with Crippen molar-refractivity contribution in [2.24, 2.45) is 0 Å². The standard InChI is InChI=1S/C19H20FNO2/c1-13-3-6-15(20)11-18(13)19(22)21(16-7-8-16)12-14-4-9-17(23-2)10-5-14/h3-6,9-11,16H,7-8,12H2,1-2H3. The molecule has 2 aromatic carbocycles. The van der Waals surface area contributed by atoms with Crippen LogP contribution in [0.25, 0.3) is 0 Å². The van der Waals surface area contributed by atoms with Crippen LogP contribution in [0.1, 0.15) is 34.3 Å². The first-order valence-corrected chi connectivity index (χ1v) is 7.78. The van der Waals surface area contributed by atoms with E-state index in [9.17, 15) is 9.18 Å². The Morgan fingerprint density at radius 3 is 2.52 bits per heavy atom. The number of aryl methyl sites for hydroxylation is 1. The largest absolute Gasteiger partial charge is 0.497 e. The van der Waals surface area contributed by atoms with Crippen molar-refractivity contribution in [2.75, 3.05) is 7.11 Å². The first-order chi connectivity index (χ1) is 11.1. The maximum absolute atomic E-state index is 13.5. The van der Waals surface area contributed by atoms with Gasteiger partial charge in [-0.2, -0.15) is 0 Å². The van der Waals surface area contributed by atoms with Crippen molar-refractivity contribution >= 4 is 5.91 Å². The van der Waals surface area contributed by atoms with Gasteiger partial charge in [-0.25, -0.2) is 4.39 Å². The number of rotatable bonds is 5. The van der Waals surface area contributed by atoms with Crippen LogP contribution in [0.3, 0.4) is 0 Å². The molecule has 0 radical (unpaired) electrons. The number of hydrogen-bond donors (Lipinski definition) is 0. The van der Waals surface area contributed by atoms with Crippen molar-refractivity contribution in [1.82, 2.24) is 4.90 Å². The average Bonchev–Trinajstić information content (AvgIpc) is 3.39. The number of ether oxygens (including phenoxy) is 1. The zero-order chi connectivity index (χ0) is 16.4. The maximum Gasteiger partial charge on any atom is 0.254 e. The lowest BCUT2D eigenvalue weighted by atomic mass is 10.1. The van der Waals surface area contributed by atoms with E-state index in [1.165, 1.54) is 12.1 Å². The summed E-state index contributed by atoms with van der Waals surface area (Å²) in [6.45, 7) is 2.37. The molecule has 0 bridgehead atoms. The number of nitrogens with zero attached hydrogens (tertiary/aromatic N) is 1. The average molecular weight is 313 g/mol. The molecule has 23 heavy (non-hydrogen) atoms. The number of methoxy groups -OCH3 is 1. The fourth-order valence-corrected chi connectivity index (χ4v) is 2.66. The van der Waals surface area contributed by atoms with Crippen molar-refractivity contribution in [1.29, 1.82) is 0 Å². The molecule has 1 fully saturated rings. The Morgan fingerprint density at radius 2 is 1.91 bits per heavy atom. The van der Waals surface area contributed by atoms with Gasteiger partial charge in [-0.15, -0.1) is 0 Å². The number of amides is 1. The lowest BCUT2D eigenvalue weighted by Gasteiger charge is -2.23. The highest BCUT2D eigenvalue weighted by atomic mass is 19.1. The molecular weight excluding hydrogens is 293 g/mol. The molecule has 3 nitrogen and oxygen atoms in total. The van der Waals surface area contributed by atoms with E-state index >= 15 is 0 Å². The summed E-state index contributed by atoms with van der Waals surface area (Å²) in [5.74, 6) is 0.318. The molecule has 1 aliphatic carbocycles. The first-order valence-electron chi connectivity index (χ1n) is 7.78. The Bertz CT molecular complexity index is 708. The highest BCUT2D eigenvalue weighted by molar-refractivity contribution is 5.96. The van der Waals surface area contributed by atoms with Gasteiger partial charge in [0.05, 0.1) is 7.11 Å². The third-order valence-corrected chi connectivity index (χ3v) is 4.19. The van der Waals surface area contributed by atoms with Crippen LogP contribution >= 0.6 is 0 Å². The summed E-state index contributed by atoms with van der Waals surface area (Å²) in [6.07, 6.45) is 2.02. The molecule has 0 saturated heterocycles. The Morgan fingerprint density at radius 1 is 1.22 bits per heavy atom. The molecule has 1 saturated carbocycles. The lowest BCUT2D eigenvalue weighted by Crippen LogP contribution is -2.33. The van der Waals surface area contributed by atoms with E-state index in [0.717, 1.165) is 29.7 Å². The van der Waals surface area contributed by atoms with Gasteiger partial charge in [0.1, 0.15) is 11.6 Å². The normalized spacial score (nSPS) is 13.7. The predicted octanol–water partition coefficient (Wildman–Crippen LogP) is 3.95. The molecule has 0 aliphatic heterocycles. The maximum atomic E-state index is 13.5. The molecule has 3 rings (SSSR count). The second-order valence-electron chi connectivity index (χ2n) is 5.97. The van der Waals surface area contributed by atoms with E-state index in [-0.39, 0.29) is 17.8 Å². The zero-order valence-electron chi connectivity index (χ0n) is 13.4. The fraction of sp³-hybridized carbons (Fsp3) is 0.316. The zero-order valence-corrected chi connectivity index (χ0v) is 13.4. The van der Waals surface area contributed by atoms with Gasteiger partial charge in [-0.3, -0.25) is 4.79 Å². The number of hydrogen-bond acceptors (Lipinski definition) is 2. The molecule has 0 unspecified atom stereocenters. The van der Waals surface area contributed by atoms with Crippen LogP contribution < -0.4 is 4.74 Å². The highest BCUT2D eigenvalue weighted by Gasteiger charge is 2.33. The summed E-state index contributed by atoms with van der Waals surface area (Å²) in [5, 5.41) is 0. The smallest absolute Gasteiger partial charge is 0.254 e. The van der Waals surface area contributed by atoms with Gasteiger partial charge in [0.25, 0.3) is 5.91 Å². The predicted molar refractivity (Wildman–Crippen MR) is 87.0 cm³/mol. The fourth-order valence-electron chi connectivity index (χ4n) is 2.66. The monoisotopic (exact) mass is 313 g/mol. The van der Waals surface area contributed by atoms with Crippen LogP contribution in [-0.4, -0.2) is 24.0 Å². The summed E-state index contributed by atoms with van der Waals surface area (Å²) in [5.41, 5.74) is 2.29. The minimum Gasteiger partial charge on any atom is -0.497 e. The lowest BCUT2D eigenvalue weighted by molar-refractivity contribution is 0.0728. The van der Waals surface area contributed by atoms with Gasteiger partial charge in [0, 0.05) is 18.2 Å². The van der Waals surface area contributed by atoms with E-state index in [4.69, 9.17) is 4.74 Å². The van der Waals surface area contributed by atoms with Gasteiger partial charge in [-0.1, -0.05) is 18.2 Å². The molecule has 0 atom stereocenters. The molecule has 0 spiro atoms. The Labute approximate surface area is 135 Å². The first kappa shape index (κ1) is 15.5. The molecule has 0 N–H and O–H groups in total. The third kappa shape index (κ3) is 3.52. The molecule has 4 heteroatoms. The van der Waals surface area contributed by atoms with Crippen molar-refractivity contribution in [2.45, 2.75) is 32.4 Å². The van der Waals surface area contributed by atoms with E-state index in [1.54, 1.807) is 13.2 Å². The van der Waals surface area contributed by atoms with Gasteiger partial charge in [0.2, 0.25) is 0 Å². The second-order valence-corrected chi connectivity index (χ2v) is 5.97. The quantitative estimate of drug-likeness (QED) is 0.836. The van der Waals surface area contributed by atoms with Crippen LogP contribution in [0.15, 0.2) is 42.5 Å². The van der Waals surface area contributed by atoms with Crippen LogP contribution in [0.5, 0.6) is 5.75 Å². The van der Waals surface area contributed by atoms with E-state index in [0.29, 0.717) is 12.1 Å². The Hall–Kier alpha value is -2.36. The van der Waals surface area contributed by atoms with Gasteiger partial charge >= 0.3 is 0 Å². The SMILES string of the molecule is COc1ccc(CN(C(=O)c2cc(F)ccc2C)C2CC2)cc1. The summed E-state index contributed by atoms with van der Waals surface area (Å²) in [4.78, 5) is 14.7. The molecule has 1 amide bonds. The minimum atomic E-state index is -0.376. The summed E-state index contributed by atoms with van der Waals surface area (Å²) >= 11 is 0. The summed E-state index contributed by atoms with van der Waals surface area (Å²) < 4.78 is 18.7. The molecule has 0 aromatic heterocycles. The van der Waals surface area contributed by atoms with Crippen LogP contribution in [0, 0.1) is 12.7 Å². The number of carbonyl (C=O) groups is 1. The van der Waals surface area contributed by atoms with Gasteiger partial charge in [0.15, 0.2) is 0 Å². The molecule has 2 aromatic rings. The number of halogens is 1. The Kier molecular flexibility index (Phi) is 4.33. The topological polar surface area (TPSA) is 29.5 Å². The van der Waals surface area contributed by atoms with E-state index in [1.807, 2.05) is 36.1 Å². The van der Waals surface area contributed by atoms with Crippen LogP contribution in [0.2, 0.25) is 0 Å². The van der Waals surface area contributed by atoms with Gasteiger partial charge < -0.3 is 9.64 Å². The van der Waals surface area contributed by atoms with E-state index in [2.05, 4.69) is 0 Å². The summed E-state index contributed by atoms with van der Waals surface area (Å²) in [7, 11) is 1.63. The van der Waals surface area contributed by atoms with Crippen molar-refractivity contribution in [3.8, 4) is 5.75 Å². The number of benzene rings is 2. The molecule has 120 valence electrons. The highest BCUT2D eigenvalue weighted by Crippen LogP contribution is 2.30. The van der Waals surface area contributed by atoms with Crippen molar-refractivity contribution in [3.05, 3.63) is 65.0 Å². The second kappa shape index (κ2) is 6.41. The van der Waals surface area contributed by atoms with Crippen molar-refractivity contribution < 1.29 is 13.9 Å². The van der Waals surface area contributed by atoms with Gasteiger partial charge in [-0.05, 0) is 55.2 Å². The van der Waals surface area contributed by atoms with E-state index < -0.39 is 0 Å². The third-order valence-electron chi connectivity index (χ3n) is 4.19. The van der Waals surface area contributed by atoms with Crippen molar-refractivity contribution in [3.63, 3.8) is 0 Å². The molecular formula is C19H20FNO2.